The fraction of sp³-hybridized carbons (Fsp3) is 0.526. The first-order valence-corrected chi connectivity index (χ1v) is 7.94. The number of carbonyl (C=O) groups is 1. The summed E-state index contributed by atoms with van der Waals surface area (Å²) in [5, 5.41) is 3.43. The fourth-order valence-corrected chi connectivity index (χ4v) is 4.15. The van der Waals surface area contributed by atoms with Crippen molar-refractivity contribution in [2.45, 2.75) is 46.6 Å². The van der Waals surface area contributed by atoms with Gasteiger partial charge in [0.15, 0.2) is 5.78 Å². The highest BCUT2D eigenvalue weighted by Gasteiger charge is 2.63. The third-order valence-electron chi connectivity index (χ3n) is 6.15. The van der Waals surface area contributed by atoms with E-state index in [1.54, 1.807) is 0 Å². The molecule has 1 N–H and O–H groups in total. The molecule has 2 aliphatic rings. The topological polar surface area (TPSA) is 29.1 Å². The van der Waals surface area contributed by atoms with Crippen molar-refractivity contribution in [1.82, 2.24) is 5.32 Å². The van der Waals surface area contributed by atoms with Crippen molar-refractivity contribution in [1.29, 1.82) is 0 Å². The summed E-state index contributed by atoms with van der Waals surface area (Å²) in [4.78, 5) is 12.7. The highest BCUT2D eigenvalue weighted by Crippen LogP contribution is 2.65. The van der Waals surface area contributed by atoms with E-state index >= 15 is 0 Å². The molecule has 3 atom stereocenters. The number of nitrogens with one attached hydrogen (secondary N) is 1. The van der Waals surface area contributed by atoms with Crippen LogP contribution >= 0.6 is 0 Å². The van der Waals surface area contributed by atoms with Crippen LogP contribution in [0, 0.1) is 16.7 Å². The molecule has 0 radical (unpaired) electrons. The molecule has 2 heteroatoms. The van der Waals surface area contributed by atoms with E-state index in [4.69, 9.17) is 0 Å². The SMILES string of the molecule is CC(NC=C1C(=O)C2(C)CCC1C2(C)C)c1ccccc1. The van der Waals surface area contributed by atoms with Crippen molar-refractivity contribution in [3.05, 3.63) is 47.7 Å². The second-order valence-corrected chi connectivity index (χ2v) is 7.37. The van der Waals surface area contributed by atoms with E-state index in [9.17, 15) is 4.79 Å². The predicted molar refractivity (Wildman–Crippen MR) is 85.7 cm³/mol. The third-order valence-corrected chi connectivity index (χ3v) is 6.15. The summed E-state index contributed by atoms with van der Waals surface area (Å²) in [5.41, 5.74) is 2.18. The number of rotatable bonds is 3. The molecule has 2 bridgehead atoms. The van der Waals surface area contributed by atoms with Crippen LogP contribution in [0.1, 0.15) is 52.1 Å². The quantitative estimate of drug-likeness (QED) is 0.840. The van der Waals surface area contributed by atoms with Gasteiger partial charge in [-0.05, 0) is 36.7 Å². The maximum absolute atomic E-state index is 12.7. The van der Waals surface area contributed by atoms with Crippen LogP contribution in [-0.2, 0) is 4.79 Å². The number of carbonyl (C=O) groups excluding carboxylic acids is 1. The van der Waals surface area contributed by atoms with Gasteiger partial charge in [0.1, 0.15) is 0 Å². The molecule has 0 heterocycles. The van der Waals surface area contributed by atoms with Gasteiger partial charge in [0.25, 0.3) is 0 Å². The van der Waals surface area contributed by atoms with Crippen LogP contribution in [0.4, 0.5) is 0 Å². The molecule has 0 amide bonds. The van der Waals surface area contributed by atoms with Crippen LogP contribution in [0.3, 0.4) is 0 Å². The average molecular weight is 283 g/mol. The molecule has 0 spiro atoms. The van der Waals surface area contributed by atoms with E-state index in [0.717, 1.165) is 18.4 Å². The van der Waals surface area contributed by atoms with Gasteiger partial charge >= 0.3 is 0 Å². The zero-order valence-corrected chi connectivity index (χ0v) is 13.4. The number of ketones is 1. The van der Waals surface area contributed by atoms with E-state index in [2.05, 4.69) is 45.1 Å². The fourth-order valence-electron chi connectivity index (χ4n) is 4.15. The normalized spacial score (nSPS) is 33.4. The van der Waals surface area contributed by atoms with Crippen LogP contribution < -0.4 is 5.32 Å². The van der Waals surface area contributed by atoms with E-state index < -0.39 is 0 Å². The summed E-state index contributed by atoms with van der Waals surface area (Å²) in [6.45, 7) is 8.79. The van der Waals surface area contributed by atoms with E-state index in [1.807, 2.05) is 24.4 Å². The summed E-state index contributed by atoms with van der Waals surface area (Å²) >= 11 is 0. The molecule has 2 fully saturated rings. The molecule has 2 saturated carbocycles. The molecule has 0 saturated heterocycles. The van der Waals surface area contributed by atoms with Gasteiger partial charge in [-0.25, -0.2) is 0 Å². The first-order chi connectivity index (χ1) is 9.88. The first-order valence-electron chi connectivity index (χ1n) is 7.94. The molecule has 1 aromatic rings. The van der Waals surface area contributed by atoms with Gasteiger partial charge in [-0.1, -0.05) is 51.1 Å². The van der Waals surface area contributed by atoms with Crippen molar-refractivity contribution < 1.29 is 4.79 Å². The maximum atomic E-state index is 12.7. The maximum Gasteiger partial charge on any atom is 0.167 e. The molecule has 1 aromatic carbocycles. The number of allylic oxidation sites excluding steroid dienone is 1. The molecule has 112 valence electrons. The average Bonchev–Trinajstić information content (AvgIpc) is 2.78. The first kappa shape index (κ1) is 14.4. The minimum atomic E-state index is -0.166. The van der Waals surface area contributed by atoms with Gasteiger partial charge in [-0.2, -0.15) is 0 Å². The molecular formula is C19H25NO. The Morgan fingerprint density at radius 3 is 2.48 bits per heavy atom. The lowest BCUT2D eigenvalue weighted by atomic mass is 9.70. The Balaban J connectivity index is 1.81. The Morgan fingerprint density at radius 2 is 1.90 bits per heavy atom. The van der Waals surface area contributed by atoms with Gasteiger partial charge in [0.2, 0.25) is 0 Å². The summed E-state index contributed by atoms with van der Waals surface area (Å²) in [5.74, 6) is 0.766. The molecule has 0 aliphatic heterocycles. The van der Waals surface area contributed by atoms with Crippen molar-refractivity contribution in [2.75, 3.05) is 0 Å². The highest BCUT2D eigenvalue weighted by atomic mass is 16.1. The minimum Gasteiger partial charge on any atom is -0.384 e. The zero-order chi connectivity index (χ0) is 15.3. The zero-order valence-electron chi connectivity index (χ0n) is 13.4. The molecule has 2 aliphatic carbocycles. The highest BCUT2D eigenvalue weighted by molar-refractivity contribution is 6.04. The second-order valence-electron chi connectivity index (χ2n) is 7.37. The lowest BCUT2D eigenvalue weighted by Gasteiger charge is -2.31. The second kappa shape index (κ2) is 4.72. The van der Waals surface area contributed by atoms with Crippen LogP contribution in [0.5, 0.6) is 0 Å². The molecule has 3 rings (SSSR count). The summed E-state index contributed by atoms with van der Waals surface area (Å²) in [7, 11) is 0. The van der Waals surface area contributed by atoms with Crippen molar-refractivity contribution in [2.24, 2.45) is 16.7 Å². The third kappa shape index (κ3) is 1.96. The summed E-state index contributed by atoms with van der Waals surface area (Å²) < 4.78 is 0. The van der Waals surface area contributed by atoms with Gasteiger partial charge in [-0.3, -0.25) is 4.79 Å². The Morgan fingerprint density at radius 1 is 1.24 bits per heavy atom. The summed E-state index contributed by atoms with van der Waals surface area (Å²) in [6, 6.07) is 10.6. The number of hydrogen-bond acceptors (Lipinski definition) is 2. The van der Waals surface area contributed by atoms with E-state index in [-0.39, 0.29) is 16.9 Å². The van der Waals surface area contributed by atoms with Gasteiger partial charge in [-0.15, -0.1) is 0 Å². The van der Waals surface area contributed by atoms with Gasteiger partial charge < -0.3 is 5.32 Å². The van der Waals surface area contributed by atoms with Gasteiger partial charge in [0.05, 0.1) is 0 Å². The van der Waals surface area contributed by atoms with Crippen LogP contribution in [0.2, 0.25) is 0 Å². The standard InChI is InChI=1S/C19H25NO/c1-13(14-8-6-5-7-9-14)20-12-15-16-10-11-19(4,17(15)21)18(16,2)3/h5-9,12-13,16,20H,10-11H2,1-4H3. The Labute approximate surface area is 127 Å². The monoisotopic (exact) mass is 283 g/mol. The molecule has 2 nitrogen and oxygen atoms in total. The van der Waals surface area contributed by atoms with Crippen LogP contribution in [0.25, 0.3) is 0 Å². The molecule has 21 heavy (non-hydrogen) atoms. The van der Waals surface area contributed by atoms with Gasteiger partial charge in [0, 0.05) is 23.2 Å². The number of fused-ring (bicyclic) bond motifs is 2. The largest absolute Gasteiger partial charge is 0.384 e. The summed E-state index contributed by atoms with van der Waals surface area (Å²) in [6.07, 6.45) is 4.17. The Kier molecular flexibility index (Phi) is 3.23. The van der Waals surface area contributed by atoms with Crippen LogP contribution in [0.15, 0.2) is 42.1 Å². The number of hydrogen-bond donors (Lipinski definition) is 1. The van der Waals surface area contributed by atoms with Crippen molar-refractivity contribution >= 4 is 5.78 Å². The molecule has 3 unspecified atom stereocenters. The Hall–Kier alpha value is -1.57. The minimum absolute atomic E-state index is 0.0909. The lowest BCUT2D eigenvalue weighted by Crippen LogP contribution is -2.32. The van der Waals surface area contributed by atoms with E-state index in [1.165, 1.54) is 5.56 Å². The molecular weight excluding hydrogens is 258 g/mol. The smallest absolute Gasteiger partial charge is 0.167 e. The molecule has 0 aromatic heterocycles. The number of Topliss-reactive ketones (excluding diaryl/α,β-unsaturated/α-hetero) is 1. The Bertz CT molecular complexity index is 587. The number of benzene rings is 1. The van der Waals surface area contributed by atoms with Crippen molar-refractivity contribution in [3.8, 4) is 0 Å². The van der Waals surface area contributed by atoms with E-state index in [0.29, 0.717) is 11.7 Å². The van der Waals surface area contributed by atoms with Crippen LogP contribution in [-0.4, -0.2) is 5.78 Å². The van der Waals surface area contributed by atoms with Crippen molar-refractivity contribution in [3.63, 3.8) is 0 Å². The predicted octanol–water partition coefficient (Wildman–Crippen LogP) is 4.25. The lowest BCUT2D eigenvalue weighted by molar-refractivity contribution is -0.125.